The molecule has 0 aliphatic heterocycles. The van der Waals surface area contributed by atoms with Gasteiger partial charge < -0.3 is 10.4 Å². The van der Waals surface area contributed by atoms with E-state index in [1.807, 2.05) is 13.8 Å². The molecule has 0 aliphatic rings. The lowest BCUT2D eigenvalue weighted by atomic mass is 10.2. The summed E-state index contributed by atoms with van der Waals surface area (Å²) in [6.07, 6.45) is -0.719. The summed E-state index contributed by atoms with van der Waals surface area (Å²) in [5.41, 5.74) is 0.208. The third-order valence-electron chi connectivity index (χ3n) is 3.41. The van der Waals surface area contributed by atoms with Gasteiger partial charge in [0.2, 0.25) is 5.91 Å². The third-order valence-corrected chi connectivity index (χ3v) is 4.74. The van der Waals surface area contributed by atoms with Gasteiger partial charge in [-0.15, -0.1) is 0 Å². The molecule has 0 saturated carbocycles. The van der Waals surface area contributed by atoms with Crippen molar-refractivity contribution in [1.82, 2.24) is 14.9 Å². The minimum Gasteiger partial charge on any atom is -0.392 e. The van der Waals surface area contributed by atoms with E-state index in [4.69, 9.17) is 11.6 Å². The molecule has 0 fully saturated rings. The first-order valence-electron chi connectivity index (χ1n) is 8.04. The van der Waals surface area contributed by atoms with Crippen LogP contribution in [0.25, 0.3) is 10.9 Å². The summed E-state index contributed by atoms with van der Waals surface area (Å²) in [6.45, 7) is 7.22. The van der Waals surface area contributed by atoms with Gasteiger partial charge >= 0.3 is 0 Å². The van der Waals surface area contributed by atoms with E-state index in [2.05, 4.69) is 10.3 Å². The SMILES string of the molecule is CC(C)NC(=O)[C@@H](C)Sc1nc2cc(Cl)ccc2c(=O)n1C[C@H](C)O. The maximum absolute atomic E-state index is 12.8. The Morgan fingerprint density at radius 1 is 1.36 bits per heavy atom. The van der Waals surface area contributed by atoms with E-state index < -0.39 is 11.4 Å². The van der Waals surface area contributed by atoms with Gasteiger partial charge in [0.1, 0.15) is 0 Å². The molecule has 2 aromatic rings. The summed E-state index contributed by atoms with van der Waals surface area (Å²) in [4.78, 5) is 29.5. The van der Waals surface area contributed by atoms with Gasteiger partial charge in [-0.1, -0.05) is 23.4 Å². The Morgan fingerprint density at radius 2 is 2.04 bits per heavy atom. The average molecular weight is 384 g/mol. The van der Waals surface area contributed by atoms with E-state index in [9.17, 15) is 14.7 Å². The summed E-state index contributed by atoms with van der Waals surface area (Å²) in [6, 6.07) is 4.90. The minimum absolute atomic E-state index is 0.0265. The van der Waals surface area contributed by atoms with Gasteiger partial charge in [0.25, 0.3) is 5.56 Å². The number of aliphatic hydroxyl groups is 1. The average Bonchev–Trinajstić information content (AvgIpc) is 2.49. The number of carbonyl (C=O) groups excluding carboxylic acids is 1. The molecule has 136 valence electrons. The van der Waals surface area contributed by atoms with Crippen LogP contribution in [0.3, 0.4) is 0 Å². The molecule has 8 heteroatoms. The maximum atomic E-state index is 12.8. The van der Waals surface area contributed by atoms with Crippen LogP contribution in [-0.4, -0.2) is 38.0 Å². The number of aliphatic hydroxyl groups excluding tert-OH is 1. The van der Waals surface area contributed by atoms with Crippen LogP contribution < -0.4 is 10.9 Å². The summed E-state index contributed by atoms with van der Waals surface area (Å²) in [5, 5.41) is 13.4. The van der Waals surface area contributed by atoms with E-state index in [1.165, 1.54) is 16.3 Å². The maximum Gasteiger partial charge on any atom is 0.262 e. The topological polar surface area (TPSA) is 84.2 Å². The smallest absolute Gasteiger partial charge is 0.262 e. The normalized spacial score (nSPS) is 13.9. The van der Waals surface area contributed by atoms with Gasteiger partial charge in [0, 0.05) is 11.1 Å². The molecule has 0 radical (unpaired) electrons. The monoisotopic (exact) mass is 383 g/mol. The van der Waals surface area contributed by atoms with Gasteiger partial charge in [0.15, 0.2) is 5.16 Å². The molecule has 0 unspecified atom stereocenters. The van der Waals surface area contributed by atoms with Crippen LogP contribution in [-0.2, 0) is 11.3 Å². The number of benzene rings is 1. The highest BCUT2D eigenvalue weighted by Gasteiger charge is 2.20. The molecule has 0 bridgehead atoms. The molecular formula is C17H22ClN3O3S. The number of rotatable bonds is 6. The lowest BCUT2D eigenvalue weighted by molar-refractivity contribution is -0.120. The second-order valence-corrected chi connectivity index (χ2v) is 7.99. The zero-order chi connectivity index (χ0) is 18.7. The van der Waals surface area contributed by atoms with Crippen LogP contribution >= 0.6 is 23.4 Å². The Balaban J connectivity index is 2.48. The van der Waals surface area contributed by atoms with Crippen LogP contribution in [0.5, 0.6) is 0 Å². The molecule has 1 aromatic heterocycles. The van der Waals surface area contributed by atoms with Crippen LogP contribution in [0.15, 0.2) is 28.2 Å². The van der Waals surface area contributed by atoms with Crippen molar-refractivity contribution >= 4 is 40.2 Å². The first kappa shape index (κ1) is 19.8. The third kappa shape index (κ3) is 4.96. The number of amides is 1. The summed E-state index contributed by atoms with van der Waals surface area (Å²) >= 11 is 7.18. The highest BCUT2D eigenvalue weighted by Crippen LogP contribution is 2.24. The molecule has 1 aromatic carbocycles. The van der Waals surface area contributed by atoms with Gasteiger partial charge in [-0.3, -0.25) is 14.2 Å². The number of carbonyl (C=O) groups is 1. The molecule has 6 nitrogen and oxygen atoms in total. The molecule has 2 atom stereocenters. The molecule has 1 amide bonds. The molecule has 25 heavy (non-hydrogen) atoms. The molecular weight excluding hydrogens is 362 g/mol. The molecule has 2 N–H and O–H groups in total. The lowest BCUT2D eigenvalue weighted by Gasteiger charge is -2.18. The van der Waals surface area contributed by atoms with Crippen LogP contribution in [0.1, 0.15) is 27.7 Å². The lowest BCUT2D eigenvalue weighted by Crippen LogP contribution is -2.36. The second-order valence-electron chi connectivity index (χ2n) is 6.24. The Labute approximate surface area is 155 Å². The Morgan fingerprint density at radius 3 is 2.64 bits per heavy atom. The van der Waals surface area contributed by atoms with Gasteiger partial charge in [-0.25, -0.2) is 4.98 Å². The number of fused-ring (bicyclic) bond motifs is 1. The summed E-state index contributed by atoms with van der Waals surface area (Å²) in [7, 11) is 0. The Bertz CT molecular complexity index is 836. The fraction of sp³-hybridized carbons (Fsp3) is 0.471. The van der Waals surface area contributed by atoms with E-state index in [0.29, 0.717) is 21.1 Å². The Kier molecular flexibility index (Phi) is 6.48. The Hall–Kier alpha value is -1.57. The molecule has 0 spiro atoms. The first-order chi connectivity index (χ1) is 11.7. The quantitative estimate of drug-likeness (QED) is 0.591. The van der Waals surface area contributed by atoms with Crippen molar-refractivity contribution < 1.29 is 9.90 Å². The van der Waals surface area contributed by atoms with Gasteiger partial charge in [-0.05, 0) is 45.9 Å². The predicted octanol–water partition coefficient (Wildman–Crippen LogP) is 2.44. The van der Waals surface area contributed by atoms with E-state index in [0.717, 1.165) is 0 Å². The largest absolute Gasteiger partial charge is 0.392 e. The summed E-state index contributed by atoms with van der Waals surface area (Å²) < 4.78 is 1.41. The highest BCUT2D eigenvalue weighted by atomic mass is 35.5. The van der Waals surface area contributed by atoms with Crippen molar-refractivity contribution in [3.8, 4) is 0 Å². The van der Waals surface area contributed by atoms with Crippen LogP contribution in [0, 0.1) is 0 Å². The van der Waals surface area contributed by atoms with E-state index in [1.54, 1.807) is 32.0 Å². The van der Waals surface area contributed by atoms with E-state index in [-0.39, 0.29) is 24.1 Å². The predicted molar refractivity (Wildman–Crippen MR) is 101 cm³/mol. The number of hydrogen-bond acceptors (Lipinski definition) is 5. The van der Waals surface area contributed by atoms with Crippen molar-refractivity contribution in [1.29, 1.82) is 0 Å². The second kappa shape index (κ2) is 8.21. The summed E-state index contributed by atoms with van der Waals surface area (Å²) in [5.74, 6) is -0.135. The molecule has 2 rings (SSSR count). The fourth-order valence-electron chi connectivity index (χ4n) is 2.30. The number of nitrogens with one attached hydrogen (secondary N) is 1. The van der Waals surface area contributed by atoms with Crippen molar-refractivity contribution in [2.75, 3.05) is 0 Å². The fourth-order valence-corrected chi connectivity index (χ4v) is 3.40. The van der Waals surface area contributed by atoms with Crippen LogP contribution in [0.4, 0.5) is 0 Å². The van der Waals surface area contributed by atoms with Crippen molar-refractivity contribution in [2.24, 2.45) is 0 Å². The highest BCUT2D eigenvalue weighted by molar-refractivity contribution is 8.00. The molecule has 1 heterocycles. The van der Waals surface area contributed by atoms with Gasteiger partial charge in [-0.2, -0.15) is 0 Å². The van der Waals surface area contributed by atoms with Gasteiger partial charge in [0.05, 0.1) is 28.8 Å². The zero-order valence-electron chi connectivity index (χ0n) is 14.6. The number of nitrogens with zero attached hydrogens (tertiary/aromatic N) is 2. The van der Waals surface area contributed by atoms with Crippen molar-refractivity contribution in [3.63, 3.8) is 0 Å². The standard InChI is InChI=1S/C17H22ClN3O3S/c1-9(2)19-15(23)11(4)25-17-20-14-7-12(18)5-6-13(14)16(24)21(17)8-10(3)22/h5-7,9-11,22H,8H2,1-4H3,(H,19,23)/t10-,11+/m0/s1. The first-order valence-corrected chi connectivity index (χ1v) is 9.30. The van der Waals surface area contributed by atoms with Crippen LogP contribution in [0.2, 0.25) is 5.02 Å². The zero-order valence-corrected chi connectivity index (χ0v) is 16.2. The minimum atomic E-state index is -0.719. The number of thioether (sulfide) groups is 1. The molecule has 0 saturated heterocycles. The number of halogens is 1. The van der Waals surface area contributed by atoms with Crippen molar-refractivity contribution in [2.45, 2.75) is 56.8 Å². The number of aromatic nitrogens is 2. The van der Waals surface area contributed by atoms with E-state index >= 15 is 0 Å². The number of hydrogen-bond donors (Lipinski definition) is 2. The molecule has 0 aliphatic carbocycles. The van der Waals surface area contributed by atoms with Crippen molar-refractivity contribution in [3.05, 3.63) is 33.6 Å².